The van der Waals surface area contributed by atoms with Crippen LogP contribution in [0.2, 0.25) is 0 Å². The molecule has 118 valence electrons. The Balaban J connectivity index is 1.61. The summed E-state index contributed by atoms with van der Waals surface area (Å²) in [4.78, 5) is 16.6. The maximum Gasteiger partial charge on any atom is 0.260 e. The van der Waals surface area contributed by atoms with Crippen molar-refractivity contribution in [1.29, 1.82) is 0 Å². The highest BCUT2D eigenvalue weighted by molar-refractivity contribution is 9.10. The van der Waals surface area contributed by atoms with Gasteiger partial charge in [0.05, 0.1) is 6.21 Å². The molecule has 0 spiro atoms. The minimum atomic E-state index is -0.138. The SMILES string of the molecule is O=C(CO/N=C\c1ccccc1Br)NCCC1=CCCCC1. The first-order chi connectivity index (χ1) is 10.8. The number of nitrogens with zero attached hydrogens (tertiary/aromatic N) is 1. The number of hydrogen-bond acceptors (Lipinski definition) is 3. The predicted octanol–water partition coefficient (Wildman–Crippen LogP) is 3.81. The van der Waals surface area contributed by atoms with Crippen molar-refractivity contribution in [1.82, 2.24) is 5.32 Å². The van der Waals surface area contributed by atoms with Gasteiger partial charge in [-0.1, -0.05) is 50.9 Å². The number of nitrogens with one attached hydrogen (secondary N) is 1. The predicted molar refractivity (Wildman–Crippen MR) is 91.9 cm³/mol. The highest BCUT2D eigenvalue weighted by Gasteiger charge is 2.05. The van der Waals surface area contributed by atoms with Gasteiger partial charge in [0.1, 0.15) is 0 Å². The summed E-state index contributed by atoms with van der Waals surface area (Å²) in [6.45, 7) is 0.613. The van der Waals surface area contributed by atoms with E-state index < -0.39 is 0 Å². The molecule has 0 radical (unpaired) electrons. The van der Waals surface area contributed by atoms with Crippen LogP contribution in [-0.4, -0.2) is 25.3 Å². The van der Waals surface area contributed by atoms with Crippen LogP contribution in [0.5, 0.6) is 0 Å². The van der Waals surface area contributed by atoms with Crippen LogP contribution in [0.1, 0.15) is 37.7 Å². The summed E-state index contributed by atoms with van der Waals surface area (Å²) in [5.74, 6) is -0.138. The van der Waals surface area contributed by atoms with Crippen molar-refractivity contribution in [2.75, 3.05) is 13.2 Å². The fourth-order valence-corrected chi connectivity index (χ4v) is 2.70. The number of rotatable bonds is 7. The Labute approximate surface area is 139 Å². The minimum absolute atomic E-state index is 0.0556. The highest BCUT2D eigenvalue weighted by Crippen LogP contribution is 2.19. The molecule has 1 aromatic carbocycles. The molecule has 1 aliphatic rings. The van der Waals surface area contributed by atoms with Gasteiger partial charge in [0.25, 0.3) is 5.91 Å². The average Bonchev–Trinajstić information content (AvgIpc) is 2.54. The lowest BCUT2D eigenvalue weighted by Gasteiger charge is -2.12. The van der Waals surface area contributed by atoms with Crippen LogP contribution in [0.15, 0.2) is 45.5 Å². The number of amides is 1. The van der Waals surface area contributed by atoms with Gasteiger partial charge in [0.2, 0.25) is 0 Å². The first-order valence-corrected chi connectivity index (χ1v) is 8.39. The Hall–Kier alpha value is -1.62. The number of allylic oxidation sites excluding steroid dienone is 1. The third-order valence-electron chi connectivity index (χ3n) is 3.52. The Morgan fingerprint density at radius 1 is 1.36 bits per heavy atom. The van der Waals surface area contributed by atoms with Gasteiger partial charge in [0, 0.05) is 16.6 Å². The van der Waals surface area contributed by atoms with Crippen molar-refractivity contribution in [3.63, 3.8) is 0 Å². The largest absolute Gasteiger partial charge is 0.386 e. The molecule has 0 heterocycles. The van der Waals surface area contributed by atoms with Gasteiger partial charge < -0.3 is 10.2 Å². The molecule has 2 rings (SSSR count). The summed E-state index contributed by atoms with van der Waals surface area (Å²) < 4.78 is 0.938. The van der Waals surface area contributed by atoms with E-state index in [0.29, 0.717) is 6.54 Å². The van der Waals surface area contributed by atoms with E-state index in [-0.39, 0.29) is 12.5 Å². The molecule has 22 heavy (non-hydrogen) atoms. The Morgan fingerprint density at radius 2 is 2.23 bits per heavy atom. The summed E-state index contributed by atoms with van der Waals surface area (Å²) in [5.41, 5.74) is 2.37. The third kappa shape index (κ3) is 6.02. The molecule has 0 unspecified atom stereocenters. The number of oxime groups is 1. The standard InChI is InChI=1S/C17H21BrN2O2/c18-16-9-5-4-8-15(16)12-20-22-13-17(21)19-11-10-14-6-2-1-3-7-14/h4-6,8-9,12H,1-3,7,10-11,13H2,(H,19,21)/b20-12-. The normalized spacial score (nSPS) is 14.7. The fourth-order valence-electron chi connectivity index (χ4n) is 2.31. The number of hydrogen-bond donors (Lipinski definition) is 1. The Morgan fingerprint density at radius 3 is 3.00 bits per heavy atom. The maximum absolute atomic E-state index is 11.6. The van der Waals surface area contributed by atoms with Gasteiger partial charge >= 0.3 is 0 Å². The van der Waals surface area contributed by atoms with Crippen LogP contribution < -0.4 is 5.32 Å². The molecule has 1 N–H and O–H groups in total. The summed E-state index contributed by atoms with van der Waals surface area (Å²) >= 11 is 3.42. The number of carbonyl (C=O) groups excluding carboxylic acids is 1. The molecule has 0 fully saturated rings. The summed E-state index contributed by atoms with van der Waals surface area (Å²) in [7, 11) is 0. The number of benzene rings is 1. The first-order valence-electron chi connectivity index (χ1n) is 7.60. The minimum Gasteiger partial charge on any atom is -0.386 e. The smallest absolute Gasteiger partial charge is 0.260 e. The average molecular weight is 365 g/mol. The van der Waals surface area contributed by atoms with Crippen molar-refractivity contribution in [2.24, 2.45) is 5.16 Å². The molecule has 0 bridgehead atoms. The Bertz CT molecular complexity index is 555. The van der Waals surface area contributed by atoms with E-state index >= 15 is 0 Å². The van der Waals surface area contributed by atoms with Crippen molar-refractivity contribution >= 4 is 28.1 Å². The number of halogens is 1. The van der Waals surface area contributed by atoms with Crippen LogP contribution >= 0.6 is 15.9 Å². The van der Waals surface area contributed by atoms with Gasteiger partial charge in [0.15, 0.2) is 6.61 Å². The lowest BCUT2D eigenvalue weighted by molar-refractivity contribution is -0.125. The van der Waals surface area contributed by atoms with Gasteiger partial charge in [-0.2, -0.15) is 0 Å². The van der Waals surface area contributed by atoms with Crippen LogP contribution in [0.3, 0.4) is 0 Å². The molecular weight excluding hydrogens is 344 g/mol. The zero-order chi connectivity index (χ0) is 15.6. The highest BCUT2D eigenvalue weighted by atomic mass is 79.9. The van der Waals surface area contributed by atoms with E-state index in [0.717, 1.165) is 16.5 Å². The zero-order valence-corrected chi connectivity index (χ0v) is 14.1. The number of carbonyl (C=O) groups is 1. The first kappa shape index (κ1) is 16.7. The Kier molecular flexibility index (Phi) is 7.16. The van der Waals surface area contributed by atoms with E-state index in [1.807, 2.05) is 24.3 Å². The van der Waals surface area contributed by atoms with Crippen LogP contribution in [-0.2, 0) is 9.63 Å². The summed E-state index contributed by atoms with van der Waals surface area (Å²) in [6, 6.07) is 7.68. The molecule has 1 aromatic rings. The van der Waals surface area contributed by atoms with E-state index in [1.54, 1.807) is 6.21 Å². The molecule has 0 aromatic heterocycles. The van der Waals surface area contributed by atoms with Crippen LogP contribution in [0.25, 0.3) is 0 Å². The van der Waals surface area contributed by atoms with E-state index in [4.69, 9.17) is 4.84 Å². The topological polar surface area (TPSA) is 50.7 Å². The fraction of sp³-hybridized carbons (Fsp3) is 0.412. The monoisotopic (exact) mass is 364 g/mol. The van der Waals surface area contributed by atoms with Crippen LogP contribution in [0.4, 0.5) is 0 Å². The summed E-state index contributed by atoms with van der Waals surface area (Å²) in [5, 5.41) is 6.67. The molecule has 0 atom stereocenters. The lowest BCUT2D eigenvalue weighted by atomic mass is 9.97. The van der Waals surface area contributed by atoms with Crippen molar-refractivity contribution in [2.45, 2.75) is 32.1 Å². The molecule has 0 saturated heterocycles. The summed E-state index contributed by atoms with van der Waals surface area (Å²) in [6.07, 6.45) is 9.73. The van der Waals surface area contributed by atoms with Gasteiger partial charge in [-0.3, -0.25) is 4.79 Å². The second-order valence-corrected chi connectivity index (χ2v) is 6.09. The molecular formula is C17H21BrN2O2. The molecule has 1 aliphatic carbocycles. The zero-order valence-electron chi connectivity index (χ0n) is 12.6. The third-order valence-corrected chi connectivity index (χ3v) is 4.24. The van der Waals surface area contributed by atoms with Crippen molar-refractivity contribution in [3.05, 3.63) is 46.0 Å². The van der Waals surface area contributed by atoms with Gasteiger partial charge in [-0.05, 0) is 38.2 Å². The second kappa shape index (κ2) is 9.41. The van der Waals surface area contributed by atoms with Gasteiger partial charge in [-0.25, -0.2) is 0 Å². The molecule has 0 saturated carbocycles. The van der Waals surface area contributed by atoms with E-state index in [2.05, 4.69) is 32.5 Å². The quantitative estimate of drug-likeness (QED) is 0.454. The molecule has 4 nitrogen and oxygen atoms in total. The maximum atomic E-state index is 11.6. The van der Waals surface area contributed by atoms with Crippen LogP contribution in [0, 0.1) is 0 Å². The molecule has 1 amide bonds. The van der Waals surface area contributed by atoms with E-state index in [1.165, 1.54) is 31.3 Å². The lowest BCUT2D eigenvalue weighted by Crippen LogP contribution is -2.28. The van der Waals surface area contributed by atoms with E-state index in [9.17, 15) is 4.79 Å². The van der Waals surface area contributed by atoms with Crippen molar-refractivity contribution in [3.8, 4) is 0 Å². The molecule has 5 heteroatoms. The van der Waals surface area contributed by atoms with Crippen molar-refractivity contribution < 1.29 is 9.63 Å². The molecule has 0 aliphatic heterocycles. The van der Waals surface area contributed by atoms with Gasteiger partial charge in [-0.15, -0.1) is 0 Å². The second-order valence-electron chi connectivity index (χ2n) is 5.24.